The van der Waals surface area contributed by atoms with Crippen molar-refractivity contribution in [3.05, 3.63) is 0 Å². The third kappa shape index (κ3) is 7.91. The zero-order valence-electron chi connectivity index (χ0n) is 9.27. The molecule has 3 nitrogen and oxygen atoms in total. The summed E-state index contributed by atoms with van der Waals surface area (Å²) >= 11 is 0. The van der Waals surface area contributed by atoms with E-state index in [2.05, 4.69) is 26.1 Å². The van der Waals surface area contributed by atoms with Gasteiger partial charge in [0.2, 0.25) is 0 Å². The second-order valence-corrected chi connectivity index (χ2v) is 5.15. The van der Waals surface area contributed by atoms with Gasteiger partial charge in [0.25, 0.3) is 0 Å². The first-order valence-corrected chi connectivity index (χ1v) is 4.63. The van der Waals surface area contributed by atoms with Crippen LogP contribution in [0.4, 0.5) is 0 Å². The molecule has 13 heavy (non-hydrogen) atoms. The van der Waals surface area contributed by atoms with Crippen molar-refractivity contribution in [3.8, 4) is 0 Å². The van der Waals surface area contributed by atoms with Gasteiger partial charge in [-0.1, -0.05) is 0 Å². The quantitative estimate of drug-likeness (QED) is 0.558. The molecule has 0 aromatic carbocycles. The highest BCUT2D eigenvalue weighted by atomic mass is 16.4. The first-order valence-electron chi connectivity index (χ1n) is 4.63. The standard InChI is InChI=1S/C8H19B2NO2/c1-7(2,3)11-8(9,10)5-4-6(12)13/h11H,4-5,9-10H2,1-3H3,(H,12,13). The van der Waals surface area contributed by atoms with Gasteiger partial charge in [-0.2, -0.15) is 0 Å². The molecule has 0 aliphatic heterocycles. The zero-order valence-corrected chi connectivity index (χ0v) is 9.27. The Morgan fingerprint density at radius 3 is 2.15 bits per heavy atom. The summed E-state index contributed by atoms with van der Waals surface area (Å²) in [6, 6.07) is 0. The van der Waals surface area contributed by atoms with Crippen molar-refractivity contribution in [3.63, 3.8) is 0 Å². The summed E-state index contributed by atoms with van der Waals surface area (Å²) < 4.78 is 0. The lowest BCUT2D eigenvalue weighted by Crippen LogP contribution is -2.55. The predicted octanol–water partition coefficient (Wildman–Crippen LogP) is -0.841. The molecule has 0 aromatic rings. The number of carbonyl (C=O) groups is 1. The molecule has 0 heterocycles. The van der Waals surface area contributed by atoms with Gasteiger partial charge < -0.3 is 10.4 Å². The summed E-state index contributed by atoms with van der Waals surface area (Å²) in [7, 11) is 4.06. The van der Waals surface area contributed by atoms with E-state index < -0.39 is 5.97 Å². The molecule has 0 spiro atoms. The van der Waals surface area contributed by atoms with E-state index in [0.717, 1.165) is 0 Å². The topological polar surface area (TPSA) is 49.3 Å². The van der Waals surface area contributed by atoms with Crippen LogP contribution in [0.15, 0.2) is 0 Å². The molecule has 0 radical (unpaired) electrons. The third-order valence-electron chi connectivity index (χ3n) is 1.68. The summed E-state index contributed by atoms with van der Waals surface area (Å²) in [5, 5.41) is 11.8. The molecule has 0 aliphatic carbocycles. The smallest absolute Gasteiger partial charge is 0.303 e. The van der Waals surface area contributed by atoms with Gasteiger partial charge in [0.1, 0.15) is 15.7 Å². The van der Waals surface area contributed by atoms with E-state index in [4.69, 9.17) is 5.11 Å². The van der Waals surface area contributed by atoms with Crippen molar-refractivity contribution in [2.24, 2.45) is 0 Å². The summed E-state index contributed by atoms with van der Waals surface area (Å²) in [6.45, 7) is 6.24. The summed E-state index contributed by atoms with van der Waals surface area (Å²) in [6.07, 6.45) is 0.871. The number of aliphatic carboxylic acids is 1. The monoisotopic (exact) mass is 183 g/mol. The molecular weight excluding hydrogens is 164 g/mol. The third-order valence-corrected chi connectivity index (χ3v) is 1.68. The Morgan fingerprint density at radius 1 is 1.38 bits per heavy atom. The van der Waals surface area contributed by atoms with Gasteiger partial charge in [-0.25, -0.2) is 0 Å². The van der Waals surface area contributed by atoms with Gasteiger partial charge in [0, 0.05) is 12.0 Å². The SMILES string of the molecule is BC(B)(CCC(=O)O)NC(C)(C)C. The van der Waals surface area contributed by atoms with E-state index in [-0.39, 0.29) is 17.3 Å². The average molecular weight is 183 g/mol. The van der Waals surface area contributed by atoms with E-state index in [1.54, 1.807) is 0 Å². The molecule has 0 rings (SSSR count). The van der Waals surface area contributed by atoms with E-state index in [9.17, 15) is 4.79 Å². The summed E-state index contributed by atoms with van der Waals surface area (Å²) in [5.41, 5.74) is 0.0298. The Balaban J connectivity index is 4.01. The van der Waals surface area contributed by atoms with Crippen molar-refractivity contribution < 1.29 is 9.90 Å². The van der Waals surface area contributed by atoms with E-state index in [0.29, 0.717) is 6.42 Å². The Kier molecular flexibility index (Phi) is 4.04. The van der Waals surface area contributed by atoms with Crippen LogP contribution in [0.3, 0.4) is 0 Å². The lowest BCUT2D eigenvalue weighted by molar-refractivity contribution is -0.137. The van der Waals surface area contributed by atoms with E-state index in [1.807, 2.05) is 15.7 Å². The van der Waals surface area contributed by atoms with Crippen molar-refractivity contribution in [1.29, 1.82) is 0 Å². The van der Waals surface area contributed by atoms with Crippen LogP contribution in [0.25, 0.3) is 0 Å². The predicted molar refractivity (Wildman–Crippen MR) is 59.6 cm³/mol. The fraction of sp³-hybridized carbons (Fsp3) is 0.875. The van der Waals surface area contributed by atoms with Crippen molar-refractivity contribution in [1.82, 2.24) is 5.32 Å². The van der Waals surface area contributed by atoms with Crippen LogP contribution in [0.1, 0.15) is 33.6 Å². The molecule has 5 heteroatoms. The molecule has 0 saturated heterocycles. The second-order valence-electron chi connectivity index (χ2n) is 5.15. The van der Waals surface area contributed by atoms with Gasteiger partial charge >= 0.3 is 5.97 Å². The highest BCUT2D eigenvalue weighted by Crippen LogP contribution is 2.10. The first-order chi connectivity index (χ1) is 5.62. The molecule has 0 atom stereocenters. The van der Waals surface area contributed by atoms with Crippen LogP contribution in [-0.2, 0) is 4.79 Å². The van der Waals surface area contributed by atoms with Crippen molar-refractivity contribution in [2.75, 3.05) is 0 Å². The Hall–Kier alpha value is -0.440. The van der Waals surface area contributed by atoms with Gasteiger partial charge in [-0.05, 0) is 32.5 Å². The largest absolute Gasteiger partial charge is 0.481 e. The Labute approximate surface area is 82.1 Å². The maximum absolute atomic E-state index is 10.4. The average Bonchev–Trinajstić information content (AvgIpc) is 1.78. The molecule has 0 unspecified atom stereocenters. The van der Waals surface area contributed by atoms with Gasteiger partial charge in [0.15, 0.2) is 0 Å². The van der Waals surface area contributed by atoms with Crippen LogP contribution in [0, 0.1) is 0 Å². The minimum Gasteiger partial charge on any atom is -0.481 e. The van der Waals surface area contributed by atoms with Gasteiger partial charge in [-0.3, -0.25) is 4.79 Å². The lowest BCUT2D eigenvalue weighted by atomic mass is 9.58. The molecule has 0 fully saturated rings. The lowest BCUT2D eigenvalue weighted by Gasteiger charge is -2.35. The maximum atomic E-state index is 10.4. The summed E-state index contributed by atoms with van der Waals surface area (Å²) in [4.78, 5) is 10.4. The molecule has 0 aliphatic rings. The van der Waals surface area contributed by atoms with Crippen LogP contribution >= 0.6 is 0 Å². The number of carboxylic acid groups (broad SMARTS) is 1. The second kappa shape index (κ2) is 4.18. The van der Waals surface area contributed by atoms with Crippen LogP contribution < -0.4 is 5.32 Å². The molecule has 2 N–H and O–H groups in total. The zero-order chi connectivity index (χ0) is 10.7. The number of hydrogen-bond donors (Lipinski definition) is 2. The number of carboxylic acids is 1. The molecule has 0 aromatic heterocycles. The number of hydrogen-bond acceptors (Lipinski definition) is 2. The molecule has 74 valence electrons. The van der Waals surface area contributed by atoms with E-state index in [1.165, 1.54) is 0 Å². The van der Waals surface area contributed by atoms with Crippen LogP contribution in [-0.4, -0.2) is 37.6 Å². The summed E-state index contributed by atoms with van der Waals surface area (Å²) in [5.74, 6) is -0.733. The van der Waals surface area contributed by atoms with Crippen LogP contribution in [0.5, 0.6) is 0 Å². The van der Waals surface area contributed by atoms with Crippen molar-refractivity contribution >= 4 is 21.7 Å². The Morgan fingerprint density at radius 2 is 1.85 bits per heavy atom. The minimum absolute atomic E-state index is 0.0298. The molecule has 0 saturated carbocycles. The molecule has 0 amide bonds. The minimum atomic E-state index is -0.733. The Bertz CT molecular complexity index is 187. The van der Waals surface area contributed by atoms with Gasteiger partial charge in [0.05, 0.1) is 0 Å². The fourth-order valence-corrected chi connectivity index (χ4v) is 1.50. The first kappa shape index (κ1) is 12.6. The maximum Gasteiger partial charge on any atom is 0.303 e. The number of nitrogens with one attached hydrogen (secondary N) is 1. The van der Waals surface area contributed by atoms with Gasteiger partial charge in [-0.15, -0.1) is 0 Å². The highest BCUT2D eigenvalue weighted by molar-refractivity contribution is 6.40. The van der Waals surface area contributed by atoms with Crippen LogP contribution in [0.2, 0.25) is 0 Å². The van der Waals surface area contributed by atoms with E-state index >= 15 is 0 Å². The molecule has 0 bridgehead atoms. The number of rotatable bonds is 4. The highest BCUT2D eigenvalue weighted by Gasteiger charge is 2.24. The fourth-order valence-electron chi connectivity index (χ4n) is 1.50. The van der Waals surface area contributed by atoms with Crippen molar-refractivity contribution in [2.45, 2.75) is 44.5 Å². The normalized spacial score (nSPS) is 12.8. The molecular formula is C8H19B2NO2.